The van der Waals surface area contributed by atoms with Crippen molar-refractivity contribution >= 4 is 64.2 Å². The topological polar surface area (TPSA) is 37.3 Å². The summed E-state index contributed by atoms with van der Waals surface area (Å²) in [6, 6.07) is 0. The van der Waals surface area contributed by atoms with Crippen LogP contribution in [-0.4, -0.2) is 69.3 Å². The van der Waals surface area contributed by atoms with Crippen molar-refractivity contribution in [3.63, 3.8) is 0 Å². The molecular weight excluding hydrogens is 166 g/mol. The van der Waals surface area contributed by atoms with E-state index in [9.17, 15) is 4.79 Å². The first-order valence-electron chi connectivity index (χ1n) is 1.60. The molecule has 0 aromatic heterocycles. The van der Waals surface area contributed by atoms with Crippen molar-refractivity contribution in [1.29, 1.82) is 0 Å². The fraction of sp³-hybridized carbons (Fsp3) is 0.250. The van der Waals surface area contributed by atoms with Crippen molar-refractivity contribution in [1.82, 2.24) is 0 Å². The van der Waals surface area contributed by atoms with Gasteiger partial charge in [0, 0.05) is 58.2 Å². The van der Waals surface area contributed by atoms with E-state index in [-0.39, 0.29) is 64.6 Å². The van der Waals surface area contributed by atoms with Crippen molar-refractivity contribution in [3.05, 3.63) is 12.7 Å². The summed E-state index contributed by atoms with van der Waals surface area (Å²) in [7, 11) is 0. The van der Waals surface area contributed by atoms with E-state index >= 15 is 0 Å². The Morgan fingerprint density at radius 3 is 2.29 bits per heavy atom. The van der Waals surface area contributed by atoms with Gasteiger partial charge in [0.1, 0.15) is 0 Å². The van der Waals surface area contributed by atoms with Gasteiger partial charge in [-0.15, -0.1) is 6.58 Å². The largest absolute Gasteiger partial charge is 0.481 e. The van der Waals surface area contributed by atoms with E-state index < -0.39 is 5.97 Å². The van der Waals surface area contributed by atoms with Gasteiger partial charge in [0.05, 0.1) is 6.42 Å². The van der Waals surface area contributed by atoms with Crippen LogP contribution < -0.4 is 0 Å². The first-order valence-corrected chi connectivity index (χ1v) is 1.60. The van der Waals surface area contributed by atoms with E-state index in [0.717, 1.165) is 0 Å². The Balaban J connectivity index is 0. The predicted molar refractivity (Wildman–Crippen MR) is 28.2 cm³/mol. The minimum absolute atomic E-state index is 0. The van der Waals surface area contributed by atoms with Crippen LogP contribution in [0.25, 0.3) is 0 Å². The molecule has 1 N–H and O–H groups in total. The standard InChI is InChI=1S/C4H6O2.Rb/c1-2-3-4(5)6;/h2H,1,3H2,(H,5,6);. The molecule has 0 aliphatic heterocycles. The van der Waals surface area contributed by atoms with Crippen LogP contribution in [0.1, 0.15) is 6.42 Å². The second kappa shape index (κ2) is 7.02. The summed E-state index contributed by atoms with van der Waals surface area (Å²) in [5, 5.41) is 7.84. The van der Waals surface area contributed by atoms with Crippen molar-refractivity contribution in [2.45, 2.75) is 6.42 Å². The number of hydrogen-bond donors (Lipinski definition) is 1. The van der Waals surface area contributed by atoms with E-state index in [2.05, 4.69) is 6.58 Å². The van der Waals surface area contributed by atoms with E-state index in [1.54, 1.807) is 0 Å². The van der Waals surface area contributed by atoms with Gasteiger partial charge in [-0.3, -0.25) is 4.79 Å². The van der Waals surface area contributed by atoms with E-state index in [4.69, 9.17) is 5.11 Å². The Hall–Kier alpha value is 1.02. The van der Waals surface area contributed by atoms with Crippen molar-refractivity contribution in [3.8, 4) is 0 Å². The average Bonchev–Trinajstić information content (AvgIpc) is 1.35. The summed E-state index contributed by atoms with van der Waals surface area (Å²) in [6.07, 6.45) is 1.41. The predicted octanol–water partition coefficient (Wildman–Crippen LogP) is 0.266. The maximum absolute atomic E-state index is 9.53. The molecule has 3 heteroatoms. The van der Waals surface area contributed by atoms with Gasteiger partial charge in [0.2, 0.25) is 0 Å². The number of carboxylic acids is 1. The molecule has 0 aromatic rings. The van der Waals surface area contributed by atoms with Crippen molar-refractivity contribution in [2.75, 3.05) is 0 Å². The molecule has 0 unspecified atom stereocenters. The van der Waals surface area contributed by atoms with Crippen LogP contribution in [0.15, 0.2) is 12.7 Å². The summed E-state index contributed by atoms with van der Waals surface area (Å²) >= 11 is 0. The van der Waals surface area contributed by atoms with E-state index in [1.165, 1.54) is 6.08 Å². The molecular formula is C4H6O2Rb. The minimum atomic E-state index is -0.829. The molecule has 0 saturated carbocycles. The number of aliphatic carboxylic acids is 1. The molecule has 0 atom stereocenters. The van der Waals surface area contributed by atoms with E-state index in [1.807, 2.05) is 0 Å². The second-order valence-corrected chi connectivity index (χ2v) is 0.887. The molecule has 1 radical (unpaired) electrons. The smallest absolute Gasteiger partial charge is 0.307 e. The molecule has 0 aromatic carbocycles. The second-order valence-electron chi connectivity index (χ2n) is 0.887. The van der Waals surface area contributed by atoms with Gasteiger partial charge in [-0.1, -0.05) is 6.08 Å². The van der Waals surface area contributed by atoms with Crippen LogP contribution in [0.4, 0.5) is 0 Å². The molecule has 0 heterocycles. The SMILES string of the molecule is C=CCC(=O)O.[Rb]. The van der Waals surface area contributed by atoms with Gasteiger partial charge in [0.15, 0.2) is 0 Å². The van der Waals surface area contributed by atoms with E-state index in [0.29, 0.717) is 0 Å². The Labute approximate surface area is 91.4 Å². The number of carboxylic acid groups (broad SMARTS) is 1. The summed E-state index contributed by atoms with van der Waals surface area (Å²) in [6.45, 7) is 3.22. The van der Waals surface area contributed by atoms with Crippen LogP contribution in [0.2, 0.25) is 0 Å². The average molecular weight is 172 g/mol. The van der Waals surface area contributed by atoms with Crippen molar-refractivity contribution in [2.24, 2.45) is 0 Å². The summed E-state index contributed by atoms with van der Waals surface area (Å²) in [5.41, 5.74) is 0. The van der Waals surface area contributed by atoms with Gasteiger partial charge in [-0.2, -0.15) is 0 Å². The molecule has 0 amide bonds. The van der Waals surface area contributed by atoms with Crippen LogP contribution >= 0.6 is 0 Å². The Morgan fingerprint density at radius 2 is 2.29 bits per heavy atom. The quantitative estimate of drug-likeness (QED) is 0.606. The monoisotopic (exact) mass is 171 g/mol. The zero-order valence-electron chi connectivity index (χ0n) is 4.35. The number of hydrogen-bond acceptors (Lipinski definition) is 1. The maximum atomic E-state index is 9.53. The van der Waals surface area contributed by atoms with Gasteiger partial charge in [-0.05, 0) is 0 Å². The zero-order chi connectivity index (χ0) is 4.99. The van der Waals surface area contributed by atoms with Gasteiger partial charge in [0.25, 0.3) is 0 Å². The van der Waals surface area contributed by atoms with Crippen molar-refractivity contribution < 1.29 is 9.90 Å². The van der Waals surface area contributed by atoms with Gasteiger partial charge < -0.3 is 5.11 Å². The minimum Gasteiger partial charge on any atom is -0.481 e. The molecule has 0 fully saturated rings. The Kier molecular flexibility index (Phi) is 10.9. The molecule has 2 nitrogen and oxygen atoms in total. The molecule has 0 aliphatic carbocycles. The Morgan fingerprint density at radius 1 is 1.86 bits per heavy atom. The van der Waals surface area contributed by atoms with Crippen LogP contribution in [0.5, 0.6) is 0 Å². The molecule has 35 valence electrons. The third kappa shape index (κ3) is 10.9. The Bertz CT molecular complexity index is 70.1. The fourth-order valence-corrected chi connectivity index (χ4v) is 0.123. The fourth-order valence-electron chi connectivity index (χ4n) is 0.123. The van der Waals surface area contributed by atoms with Crippen LogP contribution in [0, 0.1) is 0 Å². The first kappa shape index (κ1) is 10.9. The van der Waals surface area contributed by atoms with Gasteiger partial charge in [-0.25, -0.2) is 0 Å². The number of carbonyl (C=O) groups is 1. The number of rotatable bonds is 2. The zero-order valence-corrected chi connectivity index (χ0v) is 9.26. The van der Waals surface area contributed by atoms with Gasteiger partial charge >= 0.3 is 5.97 Å². The molecule has 0 bridgehead atoms. The molecule has 0 aliphatic rings. The molecule has 0 rings (SSSR count). The summed E-state index contributed by atoms with van der Waals surface area (Å²) in [4.78, 5) is 9.53. The summed E-state index contributed by atoms with van der Waals surface area (Å²) in [5.74, 6) is -0.829. The summed E-state index contributed by atoms with van der Waals surface area (Å²) < 4.78 is 0. The van der Waals surface area contributed by atoms with Crippen LogP contribution in [0.3, 0.4) is 0 Å². The third-order valence-corrected chi connectivity index (χ3v) is 0.319. The molecule has 0 spiro atoms. The normalized spacial score (nSPS) is 6.29. The molecule has 0 saturated heterocycles. The third-order valence-electron chi connectivity index (χ3n) is 0.319. The first-order chi connectivity index (χ1) is 2.77. The van der Waals surface area contributed by atoms with Crippen LogP contribution in [-0.2, 0) is 4.79 Å². The maximum Gasteiger partial charge on any atom is 0.307 e. The molecule has 7 heavy (non-hydrogen) atoms.